The molecule has 0 amide bonds. The van der Waals surface area contributed by atoms with Crippen molar-refractivity contribution in [2.75, 3.05) is 0 Å². The van der Waals surface area contributed by atoms with Crippen LogP contribution in [0.5, 0.6) is 11.5 Å². The van der Waals surface area contributed by atoms with Crippen LogP contribution >= 0.6 is 0 Å². The smallest absolute Gasteiger partial charge is 0.339 e. The average Bonchev–Trinajstić information content (AvgIpc) is 2.69. The molecule has 0 spiro atoms. The highest BCUT2D eigenvalue weighted by molar-refractivity contribution is 7.87. The Morgan fingerprint density at radius 2 is 1.62 bits per heavy atom. The highest BCUT2D eigenvalue weighted by Gasteiger charge is 2.17. The molecular formula is C22H16O6S. The van der Waals surface area contributed by atoms with E-state index < -0.39 is 10.1 Å². The van der Waals surface area contributed by atoms with Gasteiger partial charge in [-0.2, -0.15) is 8.42 Å². The van der Waals surface area contributed by atoms with Gasteiger partial charge in [-0.15, -0.1) is 0 Å². The molecule has 146 valence electrons. The van der Waals surface area contributed by atoms with Crippen molar-refractivity contribution < 1.29 is 22.1 Å². The van der Waals surface area contributed by atoms with E-state index in [9.17, 15) is 18.3 Å². The highest BCUT2D eigenvalue weighted by Crippen LogP contribution is 2.26. The van der Waals surface area contributed by atoms with E-state index in [1.807, 2.05) is 6.92 Å². The van der Waals surface area contributed by atoms with E-state index in [0.29, 0.717) is 11.1 Å². The van der Waals surface area contributed by atoms with Crippen LogP contribution in [0.2, 0.25) is 0 Å². The molecule has 1 heterocycles. The predicted molar refractivity (Wildman–Crippen MR) is 109 cm³/mol. The fourth-order valence-electron chi connectivity index (χ4n) is 2.88. The maximum atomic E-state index is 12.8. The molecule has 0 aliphatic heterocycles. The highest BCUT2D eigenvalue weighted by atomic mass is 32.2. The van der Waals surface area contributed by atoms with Gasteiger partial charge in [-0.1, -0.05) is 29.8 Å². The van der Waals surface area contributed by atoms with E-state index in [-0.39, 0.29) is 32.8 Å². The molecule has 0 saturated heterocycles. The molecule has 6 nitrogen and oxygen atoms in total. The molecule has 1 aromatic heterocycles. The Labute approximate surface area is 166 Å². The van der Waals surface area contributed by atoms with Gasteiger partial charge in [0.25, 0.3) is 0 Å². The standard InChI is InChI=1S/C22H16O6S/c1-14-2-9-18(10-3-14)29(25,26)28-17-8-11-19-21(12-17)27-13-20(22(19)24)15-4-6-16(23)7-5-15/h2-13,23H,1H3. The van der Waals surface area contributed by atoms with Gasteiger partial charge >= 0.3 is 10.1 Å². The largest absolute Gasteiger partial charge is 0.508 e. The molecule has 0 atom stereocenters. The first-order chi connectivity index (χ1) is 13.8. The topological polar surface area (TPSA) is 93.8 Å². The fourth-order valence-corrected chi connectivity index (χ4v) is 3.80. The van der Waals surface area contributed by atoms with Crippen LogP contribution in [0.3, 0.4) is 0 Å². The molecule has 0 unspecified atom stereocenters. The molecule has 29 heavy (non-hydrogen) atoms. The van der Waals surface area contributed by atoms with Gasteiger partial charge < -0.3 is 13.7 Å². The van der Waals surface area contributed by atoms with Crippen molar-refractivity contribution in [3.63, 3.8) is 0 Å². The summed E-state index contributed by atoms with van der Waals surface area (Å²) in [7, 11) is -4.01. The van der Waals surface area contributed by atoms with Gasteiger partial charge in [0.05, 0.1) is 10.9 Å². The van der Waals surface area contributed by atoms with Crippen molar-refractivity contribution >= 4 is 21.1 Å². The average molecular weight is 408 g/mol. The molecule has 4 aromatic rings. The lowest BCUT2D eigenvalue weighted by Gasteiger charge is -2.08. The summed E-state index contributed by atoms with van der Waals surface area (Å²) in [5.74, 6) is 0.133. The van der Waals surface area contributed by atoms with E-state index >= 15 is 0 Å². The summed E-state index contributed by atoms with van der Waals surface area (Å²) in [5.41, 5.74) is 1.79. The number of aryl methyl sites for hydroxylation is 1. The van der Waals surface area contributed by atoms with E-state index in [4.69, 9.17) is 8.60 Å². The maximum absolute atomic E-state index is 12.8. The van der Waals surface area contributed by atoms with Gasteiger partial charge in [-0.25, -0.2) is 0 Å². The molecule has 3 aromatic carbocycles. The first-order valence-corrected chi connectivity index (χ1v) is 10.1. The molecular weight excluding hydrogens is 392 g/mol. The van der Waals surface area contributed by atoms with Crippen molar-refractivity contribution in [3.05, 3.63) is 88.8 Å². The summed E-state index contributed by atoms with van der Waals surface area (Å²) < 4.78 is 35.6. The normalized spacial score (nSPS) is 11.5. The molecule has 0 radical (unpaired) electrons. The molecule has 4 rings (SSSR count). The second-order valence-electron chi connectivity index (χ2n) is 6.53. The van der Waals surface area contributed by atoms with E-state index in [0.717, 1.165) is 5.56 Å². The van der Waals surface area contributed by atoms with E-state index in [2.05, 4.69) is 0 Å². The van der Waals surface area contributed by atoms with Gasteiger partial charge in [-0.3, -0.25) is 4.79 Å². The third-order valence-corrected chi connectivity index (χ3v) is 5.70. The van der Waals surface area contributed by atoms with Crippen molar-refractivity contribution in [1.29, 1.82) is 0 Å². The Kier molecular flexibility index (Phi) is 4.60. The Morgan fingerprint density at radius 1 is 0.931 bits per heavy atom. The van der Waals surface area contributed by atoms with E-state index in [1.165, 1.54) is 48.7 Å². The van der Waals surface area contributed by atoms with Gasteiger partial charge in [0.1, 0.15) is 28.2 Å². The molecule has 7 heteroatoms. The number of hydrogen-bond acceptors (Lipinski definition) is 6. The minimum atomic E-state index is -4.01. The third-order valence-electron chi connectivity index (χ3n) is 4.44. The second-order valence-corrected chi connectivity index (χ2v) is 8.08. The number of hydrogen-bond donors (Lipinski definition) is 1. The lowest BCUT2D eigenvalue weighted by molar-refractivity contribution is 0.475. The van der Waals surface area contributed by atoms with Crippen molar-refractivity contribution in [1.82, 2.24) is 0 Å². The summed E-state index contributed by atoms with van der Waals surface area (Å²) in [5, 5.41) is 9.69. The Hall–Kier alpha value is -3.58. The minimum absolute atomic E-state index is 0.0346. The summed E-state index contributed by atoms with van der Waals surface area (Å²) in [6.07, 6.45) is 1.30. The number of rotatable bonds is 4. The first kappa shape index (κ1) is 18.8. The van der Waals surface area contributed by atoms with Crippen LogP contribution in [-0.4, -0.2) is 13.5 Å². The Morgan fingerprint density at radius 3 is 2.31 bits per heavy atom. The molecule has 0 saturated carbocycles. The van der Waals surface area contributed by atoms with Gasteiger partial charge in [0.15, 0.2) is 5.43 Å². The maximum Gasteiger partial charge on any atom is 0.339 e. The lowest BCUT2D eigenvalue weighted by Crippen LogP contribution is -2.10. The fraction of sp³-hybridized carbons (Fsp3) is 0.0455. The predicted octanol–water partition coefficient (Wildman–Crippen LogP) is 4.24. The molecule has 0 aliphatic rings. The zero-order chi connectivity index (χ0) is 20.6. The van der Waals surface area contributed by atoms with Crippen molar-refractivity contribution in [2.24, 2.45) is 0 Å². The monoisotopic (exact) mass is 408 g/mol. The number of phenolic OH excluding ortho intramolecular Hbond substituents is 1. The zero-order valence-electron chi connectivity index (χ0n) is 15.3. The Balaban J connectivity index is 1.70. The Bertz CT molecular complexity index is 1350. The zero-order valence-corrected chi connectivity index (χ0v) is 16.1. The molecule has 0 bridgehead atoms. The molecule has 0 fully saturated rings. The molecule has 0 aliphatic carbocycles. The number of aromatic hydroxyl groups is 1. The summed E-state index contributed by atoms with van der Waals surface area (Å²) in [6, 6.07) is 16.7. The quantitative estimate of drug-likeness (QED) is 0.508. The number of benzene rings is 3. The van der Waals surface area contributed by atoms with Crippen LogP contribution < -0.4 is 9.61 Å². The third kappa shape index (κ3) is 3.72. The first-order valence-electron chi connectivity index (χ1n) is 8.70. The van der Waals surface area contributed by atoms with Crippen LogP contribution in [0, 0.1) is 6.92 Å². The van der Waals surface area contributed by atoms with Gasteiger partial charge in [0, 0.05) is 6.07 Å². The van der Waals surface area contributed by atoms with Crippen LogP contribution in [0.1, 0.15) is 5.56 Å². The van der Waals surface area contributed by atoms with Crippen molar-refractivity contribution in [3.8, 4) is 22.6 Å². The van der Waals surface area contributed by atoms with Gasteiger partial charge in [-0.05, 0) is 48.9 Å². The van der Waals surface area contributed by atoms with Crippen LogP contribution in [0.4, 0.5) is 0 Å². The van der Waals surface area contributed by atoms with Crippen LogP contribution in [-0.2, 0) is 10.1 Å². The summed E-state index contributed by atoms with van der Waals surface area (Å²) in [6.45, 7) is 1.86. The lowest BCUT2D eigenvalue weighted by atomic mass is 10.1. The SMILES string of the molecule is Cc1ccc(S(=O)(=O)Oc2ccc3c(=O)c(-c4ccc(O)cc4)coc3c2)cc1. The van der Waals surface area contributed by atoms with Crippen LogP contribution in [0.25, 0.3) is 22.1 Å². The summed E-state index contributed by atoms with van der Waals surface area (Å²) in [4.78, 5) is 12.8. The minimum Gasteiger partial charge on any atom is -0.508 e. The summed E-state index contributed by atoms with van der Waals surface area (Å²) >= 11 is 0. The second kappa shape index (κ2) is 7.10. The van der Waals surface area contributed by atoms with Gasteiger partial charge in [0.2, 0.25) is 0 Å². The number of fused-ring (bicyclic) bond motifs is 1. The number of phenols is 1. The van der Waals surface area contributed by atoms with Crippen molar-refractivity contribution in [2.45, 2.75) is 11.8 Å². The molecule has 1 N–H and O–H groups in total. The van der Waals surface area contributed by atoms with Crippen LogP contribution in [0.15, 0.2) is 87.1 Å². The van der Waals surface area contributed by atoms with E-state index in [1.54, 1.807) is 24.3 Å².